The van der Waals surface area contributed by atoms with Gasteiger partial charge in [-0.2, -0.15) is 0 Å². The Balaban J connectivity index is 0.00000342. The zero-order valence-corrected chi connectivity index (χ0v) is 21.7. The SMILES string of the molecule is COC(=O)c1ccc(C(=O)N(CCCN2CCOCC2)c2nc3c(OC)ccc(C)c3s2)cc1.Cl. The van der Waals surface area contributed by atoms with E-state index in [2.05, 4.69) is 4.90 Å². The Labute approximate surface area is 215 Å². The lowest BCUT2D eigenvalue weighted by atomic mass is 10.1. The minimum Gasteiger partial charge on any atom is -0.494 e. The van der Waals surface area contributed by atoms with E-state index in [1.807, 2.05) is 19.1 Å². The number of anilines is 1. The summed E-state index contributed by atoms with van der Waals surface area (Å²) in [6.45, 7) is 6.72. The van der Waals surface area contributed by atoms with Gasteiger partial charge in [-0.15, -0.1) is 12.4 Å². The van der Waals surface area contributed by atoms with E-state index in [0.717, 1.165) is 55.0 Å². The number of hydrogen-bond acceptors (Lipinski definition) is 8. The van der Waals surface area contributed by atoms with Crippen molar-refractivity contribution in [2.75, 3.05) is 58.5 Å². The van der Waals surface area contributed by atoms with Gasteiger partial charge in [-0.25, -0.2) is 9.78 Å². The monoisotopic (exact) mass is 519 g/mol. The first-order chi connectivity index (χ1) is 16.5. The van der Waals surface area contributed by atoms with Crippen molar-refractivity contribution >= 4 is 51.0 Å². The van der Waals surface area contributed by atoms with Crippen molar-refractivity contribution in [1.29, 1.82) is 0 Å². The summed E-state index contributed by atoms with van der Waals surface area (Å²) in [6, 6.07) is 10.4. The molecule has 8 nitrogen and oxygen atoms in total. The number of carbonyl (C=O) groups excluding carboxylic acids is 2. The Bertz CT molecular complexity index is 1160. The predicted molar refractivity (Wildman–Crippen MR) is 139 cm³/mol. The number of aromatic nitrogens is 1. The van der Waals surface area contributed by atoms with E-state index in [4.69, 9.17) is 19.2 Å². The third-order valence-corrected chi connectivity index (χ3v) is 7.11. The fourth-order valence-corrected chi connectivity index (χ4v) is 5.04. The van der Waals surface area contributed by atoms with Gasteiger partial charge in [0.05, 0.1) is 37.7 Å². The molecule has 0 aliphatic carbocycles. The number of esters is 1. The average Bonchev–Trinajstić information content (AvgIpc) is 3.33. The fraction of sp³-hybridized carbons (Fsp3) is 0.400. The van der Waals surface area contributed by atoms with Gasteiger partial charge in [0.2, 0.25) is 0 Å². The third-order valence-electron chi connectivity index (χ3n) is 5.90. The number of benzene rings is 2. The molecule has 0 atom stereocenters. The summed E-state index contributed by atoms with van der Waals surface area (Å²) in [5.74, 6) is 0.0930. The van der Waals surface area contributed by atoms with Crippen LogP contribution in [0.2, 0.25) is 0 Å². The van der Waals surface area contributed by atoms with E-state index in [-0.39, 0.29) is 18.3 Å². The van der Waals surface area contributed by atoms with Crippen molar-refractivity contribution in [3.05, 3.63) is 53.1 Å². The Morgan fingerprint density at radius 2 is 1.77 bits per heavy atom. The highest BCUT2D eigenvalue weighted by molar-refractivity contribution is 7.22. The molecule has 1 aromatic heterocycles. The van der Waals surface area contributed by atoms with Crippen LogP contribution < -0.4 is 9.64 Å². The van der Waals surface area contributed by atoms with Crippen LogP contribution in [0.15, 0.2) is 36.4 Å². The highest BCUT2D eigenvalue weighted by Gasteiger charge is 2.23. The van der Waals surface area contributed by atoms with Gasteiger partial charge in [0.15, 0.2) is 5.13 Å². The second kappa shape index (κ2) is 12.3. The highest BCUT2D eigenvalue weighted by Crippen LogP contribution is 2.37. The molecule has 2 heterocycles. The van der Waals surface area contributed by atoms with Crippen LogP contribution in [0.4, 0.5) is 5.13 Å². The molecular weight excluding hydrogens is 490 g/mol. The molecule has 1 aliphatic rings. The first-order valence-electron chi connectivity index (χ1n) is 11.3. The van der Waals surface area contributed by atoms with Crippen LogP contribution in [-0.4, -0.2) is 75.4 Å². The number of ether oxygens (including phenoxy) is 3. The molecule has 1 aliphatic heterocycles. The zero-order valence-electron chi connectivity index (χ0n) is 20.1. The molecule has 35 heavy (non-hydrogen) atoms. The summed E-state index contributed by atoms with van der Waals surface area (Å²) >= 11 is 1.49. The lowest BCUT2D eigenvalue weighted by Crippen LogP contribution is -2.39. The summed E-state index contributed by atoms with van der Waals surface area (Å²) in [7, 11) is 2.96. The topological polar surface area (TPSA) is 81.2 Å². The average molecular weight is 520 g/mol. The van der Waals surface area contributed by atoms with Crippen molar-refractivity contribution in [3.8, 4) is 5.75 Å². The summed E-state index contributed by atoms with van der Waals surface area (Å²) < 4.78 is 16.7. The number of halogens is 1. The molecule has 1 amide bonds. The fourth-order valence-electron chi connectivity index (χ4n) is 3.96. The zero-order chi connectivity index (χ0) is 24.1. The number of rotatable bonds is 8. The molecule has 3 aromatic rings. The van der Waals surface area contributed by atoms with Crippen LogP contribution in [0.3, 0.4) is 0 Å². The highest BCUT2D eigenvalue weighted by atomic mass is 35.5. The maximum absolute atomic E-state index is 13.6. The van der Waals surface area contributed by atoms with Crippen LogP contribution >= 0.6 is 23.7 Å². The van der Waals surface area contributed by atoms with E-state index in [9.17, 15) is 9.59 Å². The molecule has 10 heteroatoms. The molecular formula is C25H30ClN3O5S. The maximum atomic E-state index is 13.6. The van der Waals surface area contributed by atoms with E-state index in [0.29, 0.717) is 28.6 Å². The summed E-state index contributed by atoms with van der Waals surface area (Å²) in [5.41, 5.74) is 2.73. The van der Waals surface area contributed by atoms with Crippen molar-refractivity contribution in [3.63, 3.8) is 0 Å². The molecule has 0 spiro atoms. The molecule has 0 saturated carbocycles. The number of methoxy groups -OCH3 is 2. The molecule has 2 aromatic carbocycles. The van der Waals surface area contributed by atoms with Gasteiger partial charge in [-0.05, 0) is 49.2 Å². The molecule has 0 radical (unpaired) electrons. The molecule has 1 saturated heterocycles. The summed E-state index contributed by atoms with van der Waals surface area (Å²) in [4.78, 5) is 34.3. The van der Waals surface area contributed by atoms with Crippen LogP contribution in [0.1, 0.15) is 32.7 Å². The largest absolute Gasteiger partial charge is 0.494 e. The number of thiazole rings is 1. The van der Waals surface area contributed by atoms with Gasteiger partial charge in [0.1, 0.15) is 11.3 Å². The standard InChI is InChI=1S/C25H29N3O5S.ClH/c1-17-5-10-20(31-2)21-22(17)34-25(26-21)28(12-4-11-27-13-15-33-16-14-27)23(29)18-6-8-19(9-7-18)24(30)32-3;/h5-10H,4,11-16H2,1-3H3;1H. The van der Waals surface area contributed by atoms with E-state index in [1.54, 1.807) is 36.3 Å². The summed E-state index contributed by atoms with van der Waals surface area (Å²) in [5, 5.41) is 0.631. The third kappa shape index (κ3) is 6.10. The van der Waals surface area contributed by atoms with Crippen molar-refractivity contribution in [2.45, 2.75) is 13.3 Å². The van der Waals surface area contributed by atoms with Gasteiger partial charge in [0, 0.05) is 31.7 Å². The quantitative estimate of drug-likeness (QED) is 0.413. The Morgan fingerprint density at radius 3 is 2.43 bits per heavy atom. The van der Waals surface area contributed by atoms with Gasteiger partial charge in [-0.1, -0.05) is 17.4 Å². The van der Waals surface area contributed by atoms with E-state index in [1.165, 1.54) is 18.4 Å². The van der Waals surface area contributed by atoms with Crippen LogP contribution in [0, 0.1) is 6.92 Å². The van der Waals surface area contributed by atoms with Gasteiger partial charge >= 0.3 is 5.97 Å². The predicted octanol–water partition coefficient (Wildman–Crippen LogP) is 4.19. The lowest BCUT2D eigenvalue weighted by Gasteiger charge is -2.27. The molecule has 0 bridgehead atoms. The van der Waals surface area contributed by atoms with Gasteiger partial charge in [0.25, 0.3) is 5.91 Å². The minimum atomic E-state index is -0.435. The van der Waals surface area contributed by atoms with Crippen LogP contribution in [0.25, 0.3) is 10.2 Å². The van der Waals surface area contributed by atoms with Crippen molar-refractivity contribution < 1.29 is 23.8 Å². The second-order valence-corrected chi connectivity index (χ2v) is 9.07. The molecule has 1 fully saturated rings. The molecule has 188 valence electrons. The number of hydrogen-bond donors (Lipinski definition) is 0. The number of morpholine rings is 1. The van der Waals surface area contributed by atoms with Gasteiger partial charge in [-0.3, -0.25) is 14.6 Å². The van der Waals surface area contributed by atoms with Crippen LogP contribution in [0.5, 0.6) is 5.75 Å². The van der Waals surface area contributed by atoms with Gasteiger partial charge < -0.3 is 14.2 Å². The van der Waals surface area contributed by atoms with Crippen LogP contribution in [-0.2, 0) is 9.47 Å². The number of carbonyl (C=O) groups is 2. The minimum absolute atomic E-state index is 0. The molecule has 0 N–H and O–H groups in total. The number of amides is 1. The maximum Gasteiger partial charge on any atom is 0.337 e. The molecule has 4 rings (SSSR count). The number of nitrogens with zero attached hydrogens (tertiary/aromatic N) is 3. The Morgan fingerprint density at radius 1 is 1.09 bits per heavy atom. The first kappa shape index (κ1) is 26.9. The number of aryl methyl sites for hydroxylation is 1. The van der Waals surface area contributed by atoms with E-state index >= 15 is 0 Å². The van der Waals surface area contributed by atoms with Crippen molar-refractivity contribution in [2.24, 2.45) is 0 Å². The van der Waals surface area contributed by atoms with E-state index < -0.39 is 5.97 Å². The smallest absolute Gasteiger partial charge is 0.337 e. The van der Waals surface area contributed by atoms with Crippen molar-refractivity contribution in [1.82, 2.24) is 9.88 Å². The Hall–Kier alpha value is -2.72. The number of fused-ring (bicyclic) bond motifs is 1. The lowest BCUT2D eigenvalue weighted by molar-refractivity contribution is 0.0376. The normalized spacial score (nSPS) is 13.8. The second-order valence-electron chi connectivity index (χ2n) is 8.09. The Kier molecular flexibility index (Phi) is 9.45. The first-order valence-corrected chi connectivity index (χ1v) is 12.1. The summed E-state index contributed by atoms with van der Waals surface area (Å²) in [6.07, 6.45) is 0.804. The molecule has 0 unspecified atom stereocenters.